The number of alkyl halides is 3. The first-order valence-corrected chi connectivity index (χ1v) is 6.17. The third-order valence-corrected chi connectivity index (χ3v) is 3.32. The lowest BCUT2D eigenvalue weighted by molar-refractivity contribution is -0.134. The van der Waals surface area contributed by atoms with Crippen molar-refractivity contribution in [1.82, 2.24) is 0 Å². The highest BCUT2D eigenvalue weighted by molar-refractivity contribution is 7.92. The van der Waals surface area contributed by atoms with Gasteiger partial charge in [-0.15, -0.1) is 0 Å². The van der Waals surface area contributed by atoms with Crippen molar-refractivity contribution < 1.29 is 31.1 Å². The van der Waals surface area contributed by atoms with E-state index < -0.39 is 26.2 Å². The van der Waals surface area contributed by atoms with Gasteiger partial charge in [-0.2, -0.15) is 13.2 Å². The first-order chi connectivity index (χ1) is 8.64. The molecule has 0 aliphatic rings. The molecule has 9 heteroatoms. The minimum Gasteiger partial charge on any atom is -0.316 e. The van der Waals surface area contributed by atoms with Gasteiger partial charge in [-0.3, -0.25) is 4.79 Å². The summed E-state index contributed by atoms with van der Waals surface area (Å²) >= 11 is 0. The van der Waals surface area contributed by atoms with Crippen molar-refractivity contribution in [2.75, 3.05) is 0 Å². The van der Waals surface area contributed by atoms with Crippen LogP contribution < -0.4 is 0 Å². The SMILES string of the molecule is CC(=O)OC#[N+]c1ccc(S(=O)(=O)C(F)(F)F)cc1. The van der Waals surface area contributed by atoms with Gasteiger partial charge < -0.3 is 4.74 Å². The second-order valence-corrected chi connectivity index (χ2v) is 5.18. The normalized spacial score (nSPS) is 11.4. The first kappa shape index (κ1) is 15.0. The number of ether oxygens (including phenoxy) is 1. The summed E-state index contributed by atoms with van der Waals surface area (Å²) in [5.41, 5.74) is -5.27. The number of esters is 1. The minimum atomic E-state index is -5.37. The number of sulfone groups is 1. The van der Waals surface area contributed by atoms with Crippen LogP contribution in [0, 0.1) is 6.26 Å². The predicted octanol–water partition coefficient (Wildman–Crippen LogP) is 2.47. The summed E-state index contributed by atoms with van der Waals surface area (Å²) in [6.45, 7) is 1.11. The number of benzene rings is 1. The summed E-state index contributed by atoms with van der Waals surface area (Å²) < 4.78 is 63.0. The Labute approximate surface area is 106 Å². The largest absolute Gasteiger partial charge is 0.531 e. The van der Waals surface area contributed by atoms with Gasteiger partial charge in [0.15, 0.2) is 0 Å². The van der Waals surface area contributed by atoms with Crippen molar-refractivity contribution >= 4 is 21.5 Å². The first-order valence-electron chi connectivity index (χ1n) is 4.69. The summed E-state index contributed by atoms with van der Waals surface area (Å²) in [7, 11) is -5.37. The molecule has 0 radical (unpaired) electrons. The molecule has 0 aliphatic heterocycles. The van der Waals surface area contributed by atoms with Gasteiger partial charge >= 0.3 is 23.4 Å². The van der Waals surface area contributed by atoms with Gasteiger partial charge in [0.25, 0.3) is 9.84 Å². The van der Waals surface area contributed by atoms with E-state index in [0.29, 0.717) is 0 Å². The van der Waals surface area contributed by atoms with Crippen LogP contribution >= 0.6 is 0 Å². The molecule has 0 N–H and O–H groups in total. The summed E-state index contributed by atoms with van der Waals surface area (Å²) in [6.07, 6.45) is 1.89. The van der Waals surface area contributed by atoms with Gasteiger partial charge in [0, 0.05) is 23.9 Å². The average Bonchev–Trinajstić information content (AvgIpc) is 2.27. The van der Waals surface area contributed by atoms with Crippen LogP contribution in [0.2, 0.25) is 0 Å². The van der Waals surface area contributed by atoms with E-state index in [9.17, 15) is 26.4 Å². The van der Waals surface area contributed by atoms with Crippen LogP contribution in [0.15, 0.2) is 29.2 Å². The van der Waals surface area contributed by atoms with E-state index in [4.69, 9.17) is 0 Å². The van der Waals surface area contributed by atoms with Crippen molar-refractivity contribution in [2.24, 2.45) is 0 Å². The number of carbonyl (C=O) groups is 1. The zero-order valence-electron chi connectivity index (χ0n) is 9.43. The van der Waals surface area contributed by atoms with E-state index in [-0.39, 0.29) is 5.69 Å². The fraction of sp³-hybridized carbons (Fsp3) is 0.200. The van der Waals surface area contributed by atoms with Gasteiger partial charge in [-0.25, -0.2) is 8.42 Å². The quantitative estimate of drug-likeness (QED) is 0.589. The fourth-order valence-corrected chi connectivity index (χ4v) is 1.73. The van der Waals surface area contributed by atoms with Crippen molar-refractivity contribution in [3.05, 3.63) is 29.1 Å². The lowest BCUT2D eigenvalue weighted by atomic mass is 10.3. The molecule has 1 aromatic carbocycles. The van der Waals surface area contributed by atoms with E-state index in [1.807, 2.05) is 6.26 Å². The lowest BCUT2D eigenvalue weighted by Crippen LogP contribution is -2.23. The Morgan fingerprint density at radius 3 is 2.21 bits per heavy atom. The number of carbonyl (C=O) groups excluding carboxylic acids is 1. The molecule has 1 aromatic rings. The number of hydrogen-bond donors (Lipinski definition) is 0. The molecule has 0 saturated carbocycles. The smallest absolute Gasteiger partial charge is 0.316 e. The van der Waals surface area contributed by atoms with Crippen molar-refractivity contribution in [2.45, 2.75) is 17.3 Å². The molecule has 102 valence electrons. The van der Waals surface area contributed by atoms with Crippen LogP contribution in [0.25, 0.3) is 4.85 Å². The van der Waals surface area contributed by atoms with Crippen molar-refractivity contribution in [3.8, 4) is 6.26 Å². The number of halogens is 3. The summed E-state index contributed by atoms with van der Waals surface area (Å²) in [5.74, 6) is -0.667. The minimum absolute atomic E-state index is 0.0855. The predicted molar refractivity (Wildman–Crippen MR) is 58.4 cm³/mol. The van der Waals surface area contributed by atoms with E-state index in [1.165, 1.54) is 0 Å². The maximum Gasteiger partial charge on any atom is 0.531 e. The van der Waals surface area contributed by atoms with Crippen LogP contribution in [0.3, 0.4) is 0 Å². The fourth-order valence-electron chi connectivity index (χ4n) is 0.973. The lowest BCUT2D eigenvalue weighted by Gasteiger charge is -2.06. The van der Waals surface area contributed by atoms with Gasteiger partial charge in [0.1, 0.15) is 0 Å². The summed E-state index contributed by atoms with van der Waals surface area (Å²) in [6, 6.07) is 3.54. The molecule has 0 spiro atoms. The summed E-state index contributed by atoms with van der Waals surface area (Å²) in [4.78, 5) is 12.9. The van der Waals surface area contributed by atoms with Gasteiger partial charge in [-0.05, 0) is 12.1 Å². The maximum absolute atomic E-state index is 12.2. The van der Waals surface area contributed by atoms with E-state index >= 15 is 0 Å². The highest BCUT2D eigenvalue weighted by Gasteiger charge is 2.46. The Hall–Kier alpha value is -2.08. The second-order valence-electron chi connectivity index (χ2n) is 3.24. The number of rotatable bonds is 1. The molecule has 0 unspecified atom stereocenters. The highest BCUT2D eigenvalue weighted by atomic mass is 32.2. The monoisotopic (exact) mass is 294 g/mol. The Bertz CT molecular complexity index is 638. The Morgan fingerprint density at radius 1 is 1.26 bits per heavy atom. The number of hydrogen-bond acceptors (Lipinski definition) is 4. The number of nitrogens with zero attached hydrogens (tertiary/aromatic N) is 1. The molecule has 0 heterocycles. The van der Waals surface area contributed by atoms with Crippen LogP contribution in [0.1, 0.15) is 6.92 Å². The van der Waals surface area contributed by atoms with Crippen molar-refractivity contribution in [1.29, 1.82) is 0 Å². The molecule has 1 rings (SSSR count). The van der Waals surface area contributed by atoms with Gasteiger partial charge in [-0.1, -0.05) is 0 Å². The Kier molecular flexibility index (Phi) is 4.16. The van der Waals surface area contributed by atoms with Gasteiger partial charge in [0.2, 0.25) is 0 Å². The van der Waals surface area contributed by atoms with Crippen LogP contribution in [-0.2, 0) is 19.4 Å². The highest BCUT2D eigenvalue weighted by Crippen LogP contribution is 2.30. The van der Waals surface area contributed by atoms with Crippen LogP contribution in [-0.4, -0.2) is 19.9 Å². The molecule has 5 nitrogen and oxygen atoms in total. The topological polar surface area (TPSA) is 64.8 Å². The zero-order valence-corrected chi connectivity index (χ0v) is 10.2. The van der Waals surface area contributed by atoms with E-state index in [0.717, 1.165) is 31.2 Å². The van der Waals surface area contributed by atoms with Crippen molar-refractivity contribution in [3.63, 3.8) is 0 Å². The van der Waals surface area contributed by atoms with E-state index in [1.54, 1.807) is 0 Å². The standard InChI is InChI=1S/C10H7F3NO4S/c1-7(15)18-6-14-8-2-4-9(5-3-8)19(16,17)10(11,12)13/h2-5H,1H3/q+1. The second kappa shape index (κ2) is 5.27. The Balaban J connectivity index is 3.00. The average molecular weight is 294 g/mol. The maximum atomic E-state index is 12.2. The third kappa shape index (κ3) is 3.69. The molecule has 19 heavy (non-hydrogen) atoms. The van der Waals surface area contributed by atoms with Gasteiger partial charge in [0.05, 0.1) is 4.90 Å². The molecule has 0 aromatic heterocycles. The zero-order chi connectivity index (χ0) is 14.7. The Morgan fingerprint density at radius 2 is 1.79 bits per heavy atom. The molecule has 0 aliphatic carbocycles. The summed E-state index contributed by atoms with van der Waals surface area (Å²) in [5, 5.41) is 0. The third-order valence-electron chi connectivity index (χ3n) is 1.82. The molecular formula is C10H7F3NO4S+. The van der Waals surface area contributed by atoms with E-state index in [2.05, 4.69) is 9.58 Å². The van der Waals surface area contributed by atoms with Crippen LogP contribution in [0.4, 0.5) is 18.9 Å². The molecule has 0 saturated heterocycles. The molecule has 0 amide bonds. The molecule has 0 atom stereocenters. The van der Waals surface area contributed by atoms with Crippen LogP contribution in [0.5, 0.6) is 0 Å². The molecule has 0 bridgehead atoms. The molecular weight excluding hydrogens is 287 g/mol. The molecule has 0 fully saturated rings.